The van der Waals surface area contributed by atoms with Crippen LogP contribution in [0.5, 0.6) is 0 Å². The first kappa shape index (κ1) is 13.6. The Balaban J connectivity index is 1.95. The molecule has 4 aromatic heterocycles. The molecule has 0 radical (unpaired) electrons. The van der Waals surface area contributed by atoms with E-state index in [0.717, 1.165) is 6.20 Å². The van der Waals surface area contributed by atoms with Crippen LogP contribution in [0.2, 0.25) is 0 Å². The Morgan fingerprint density at radius 2 is 2.09 bits per heavy atom. The van der Waals surface area contributed by atoms with Gasteiger partial charge >= 0.3 is 0 Å². The van der Waals surface area contributed by atoms with Gasteiger partial charge in [-0.25, -0.2) is 27.7 Å². The van der Waals surface area contributed by atoms with Crippen LogP contribution in [0.15, 0.2) is 30.7 Å². The number of aromatic amines is 1. The molecule has 23 heavy (non-hydrogen) atoms. The van der Waals surface area contributed by atoms with Crippen LogP contribution in [0.25, 0.3) is 27.9 Å². The highest BCUT2D eigenvalue weighted by molar-refractivity contribution is 5.91. The van der Waals surface area contributed by atoms with Crippen LogP contribution >= 0.6 is 0 Å². The molecule has 0 unspecified atom stereocenters. The maximum absolute atomic E-state index is 13.4. The molecule has 0 aliphatic heterocycles. The van der Waals surface area contributed by atoms with E-state index < -0.39 is 12.2 Å². The number of nitrogen functional groups attached to an aromatic ring is 1. The van der Waals surface area contributed by atoms with E-state index in [0.29, 0.717) is 16.6 Å². The number of hydrogen-bond acceptors (Lipinski definition) is 4. The molecule has 9 heteroatoms. The van der Waals surface area contributed by atoms with E-state index in [1.165, 1.54) is 22.8 Å². The Hall–Kier alpha value is -3.10. The molecule has 0 amide bonds. The fourth-order valence-corrected chi connectivity index (χ4v) is 2.44. The third-order valence-electron chi connectivity index (χ3n) is 3.50. The molecule has 4 rings (SSSR count). The van der Waals surface area contributed by atoms with Crippen molar-refractivity contribution in [1.29, 1.82) is 0 Å². The summed E-state index contributed by atoms with van der Waals surface area (Å²) in [6, 6.07) is 2.53. The Morgan fingerprint density at radius 1 is 1.26 bits per heavy atom. The predicted molar refractivity (Wildman–Crippen MR) is 77.4 cm³/mol. The van der Waals surface area contributed by atoms with Gasteiger partial charge in [0.15, 0.2) is 11.6 Å². The number of rotatable bonds is 2. The van der Waals surface area contributed by atoms with E-state index in [9.17, 15) is 13.2 Å². The van der Waals surface area contributed by atoms with Crippen molar-refractivity contribution in [3.8, 4) is 11.4 Å². The summed E-state index contributed by atoms with van der Waals surface area (Å²) in [7, 11) is 0. The van der Waals surface area contributed by atoms with Crippen LogP contribution in [0, 0.1) is 5.82 Å². The zero-order chi connectivity index (χ0) is 16.1. The molecule has 0 saturated heterocycles. The quantitative estimate of drug-likeness (QED) is 0.595. The zero-order valence-electron chi connectivity index (χ0n) is 11.5. The molecule has 0 aliphatic rings. The van der Waals surface area contributed by atoms with Gasteiger partial charge in [-0.15, -0.1) is 5.10 Å². The lowest BCUT2D eigenvalue weighted by Gasteiger charge is -2.02. The fourth-order valence-electron chi connectivity index (χ4n) is 2.44. The van der Waals surface area contributed by atoms with Crippen molar-refractivity contribution in [2.75, 3.05) is 5.73 Å². The summed E-state index contributed by atoms with van der Waals surface area (Å²) in [5.74, 6) is -0.265. The molecule has 0 saturated carbocycles. The highest BCUT2D eigenvalue weighted by Crippen LogP contribution is 2.28. The van der Waals surface area contributed by atoms with Crippen molar-refractivity contribution in [3.05, 3.63) is 42.1 Å². The van der Waals surface area contributed by atoms with Gasteiger partial charge in [-0.3, -0.25) is 0 Å². The normalized spacial score (nSPS) is 11.8. The third kappa shape index (κ3) is 2.08. The molecule has 0 bridgehead atoms. The number of H-pyrrole nitrogens is 1. The first-order valence-corrected chi connectivity index (χ1v) is 6.60. The lowest BCUT2D eigenvalue weighted by molar-refractivity contribution is 0.151. The van der Waals surface area contributed by atoms with Crippen molar-refractivity contribution in [3.63, 3.8) is 0 Å². The SMILES string of the molecule is Nc1nc(-c2c[nH]c3ncc(F)cc23)nn2cc(C(F)F)cc12. The maximum Gasteiger partial charge on any atom is 0.265 e. The number of nitrogens with zero attached hydrogens (tertiary/aromatic N) is 4. The number of halogens is 3. The van der Waals surface area contributed by atoms with Gasteiger partial charge in [0.1, 0.15) is 17.0 Å². The molecule has 0 fully saturated rings. The minimum absolute atomic E-state index is 0.0561. The summed E-state index contributed by atoms with van der Waals surface area (Å²) < 4.78 is 40.3. The predicted octanol–water partition coefficient (Wildman–Crippen LogP) is 2.93. The smallest absolute Gasteiger partial charge is 0.265 e. The summed E-state index contributed by atoms with van der Waals surface area (Å²) >= 11 is 0. The molecular weight excluding hydrogens is 309 g/mol. The van der Waals surface area contributed by atoms with Crippen LogP contribution in [0.1, 0.15) is 12.0 Å². The van der Waals surface area contributed by atoms with Gasteiger partial charge in [0, 0.05) is 28.9 Å². The molecule has 6 nitrogen and oxygen atoms in total. The topological polar surface area (TPSA) is 84.9 Å². The second kappa shape index (κ2) is 4.70. The highest BCUT2D eigenvalue weighted by Gasteiger charge is 2.16. The van der Waals surface area contributed by atoms with Gasteiger partial charge in [-0.05, 0) is 12.1 Å². The van der Waals surface area contributed by atoms with Gasteiger partial charge in [0.2, 0.25) is 0 Å². The lowest BCUT2D eigenvalue weighted by Crippen LogP contribution is -2.02. The summed E-state index contributed by atoms with van der Waals surface area (Å²) in [5, 5.41) is 4.66. The summed E-state index contributed by atoms with van der Waals surface area (Å²) in [5.41, 5.74) is 6.86. The van der Waals surface area contributed by atoms with E-state index in [1.54, 1.807) is 6.20 Å². The summed E-state index contributed by atoms with van der Waals surface area (Å²) in [6.45, 7) is 0. The van der Waals surface area contributed by atoms with Crippen molar-refractivity contribution >= 4 is 22.4 Å². The van der Waals surface area contributed by atoms with E-state index in [4.69, 9.17) is 5.73 Å². The number of anilines is 1. The van der Waals surface area contributed by atoms with E-state index in [-0.39, 0.29) is 22.7 Å². The molecular formula is C14H9F3N6. The van der Waals surface area contributed by atoms with Gasteiger partial charge < -0.3 is 10.7 Å². The molecule has 4 aromatic rings. The highest BCUT2D eigenvalue weighted by atomic mass is 19.3. The molecule has 0 aliphatic carbocycles. The standard InChI is InChI=1S/C14H9F3N6/c15-7-2-8-9(4-20-13(8)19-3-7)14-21-12(18)10-1-6(11(16)17)5-23(10)22-14/h1-5,11H,(H,19,20)(H2,18,21,22). The first-order chi connectivity index (χ1) is 11.0. The molecule has 0 atom stereocenters. The van der Waals surface area contributed by atoms with Crippen molar-refractivity contribution in [2.24, 2.45) is 0 Å². The van der Waals surface area contributed by atoms with Crippen LogP contribution in [0.3, 0.4) is 0 Å². The Kier molecular flexibility index (Phi) is 2.77. The fraction of sp³-hybridized carbons (Fsp3) is 0.0714. The van der Waals surface area contributed by atoms with Crippen LogP contribution < -0.4 is 5.73 Å². The lowest BCUT2D eigenvalue weighted by atomic mass is 10.2. The van der Waals surface area contributed by atoms with Gasteiger partial charge in [0.05, 0.1) is 6.20 Å². The third-order valence-corrected chi connectivity index (χ3v) is 3.50. The number of aromatic nitrogens is 5. The second-order valence-corrected chi connectivity index (χ2v) is 4.98. The first-order valence-electron chi connectivity index (χ1n) is 6.60. The Labute approximate surface area is 126 Å². The van der Waals surface area contributed by atoms with E-state index >= 15 is 0 Å². The molecule has 0 aromatic carbocycles. The number of alkyl halides is 2. The van der Waals surface area contributed by atoms with Gasteiger partial charge in [-0.1, -0.05) is 0 Å². The molecule has 3 N–H and O–H groups in total. The minimum atomic E-state index is -2.63. The second-order valence-electron chi connectivity index (χ2n) is 4.98. The largest absolute Gasteiger partial charge is 0.382 e. The summed E-state index contributed by atoms with van der Waals surface area (Å²) in [6.07, 6.45) is 1.21. The van der Waals surface area contributed by atoms with Gasteiger partial charge in [-0.2, -0.15) is 0 Å². The minimum Gasteiger partial charge on any atom is -0.382 e. The molecule has 0 spiro atoms. The summed E-state index contributed by atoms with van der Waals surface area (Å²) in [4.78, 5) is 10.9. The molecule has 116 valence electrons. The maximum atomic E-state index is 13.4. The van der Waals surface area contributed by atoms with Gasteiger partial charge in [0.25, 0.3) is 6.43 Å². The average molecular weight is 318 g/mol. The Morgan fingerprint density at radius 3 is 2.87 bits per heavy atom. The average Bonchev–Trinajstić information content (AvgIpc) is 3.10. The molecule has 4 heterocycles. The Bertz CT molecular complexity index is 1040. The number of hydrogen-bond donors (Lipinski definition) is 2. The van der Waals surface area contributed by atoms with Crippen molar-refractivity contribution in [1.82, 2.24) is 24.6 Å². The number of nitrogens with one attached hydrogen (secondary N) is 1. The van der Waals surface area contributed by atoms with Crippen molar-refractivity contribution < 1.29 is 13.2 Å². The van der Waals surface area contributed by atoms with E-state index in [1.807, 2.05) is 0 Å². The van der Waals surface area contributed by atoms with Crippen LogP contribution in [-0.4, -0.2) is 24.6 Å². The van der Waals surface area contributed by atoms with Crippen LogP contribution in [-0.2, 0) is 0 Å². The monoisotopic (exact) mass is 318 g/mol. The van der Waals surface area contributed by atoms with E-state index in [2.05, 4.69) is 20.1 Å². The number of fused-ring (bicyclic) bond motifs is 2. The van der Waals surface area contributed by atoms with Crippen LogP contribution in [0.4, 0.5) is 19.0 Å². The van der Waals surface area contributed by atoms with Crippen molar-refractivity contribution in [2.45, 2.75) is 6.43 Å². The zero-order valence-corrected chi connectivity index (χ0v) is 11.5. The number of pyridine rings is 1. The number of nitrogens with two attached hydrogens (primary N) is 1.